The summed E-state index contributed by atoms with van der Waals surface area (Å²) in [5.41, 5.74) is 1.63. The highest BCUT2D eigenvalue weighted by Crippen LogP contribution is 2.28. The summed E-state index contributed by atoms with van der Waals surface area (Å²) in [6.07, 6.45) is 0.367. The molecule has 2 aromatic rings. The molecule has 2 atom stereocenters. The Morgan fingerprint density at radius 1 is 1.26 bits per heavy atom. The summed E-state index contributed by atoms with van der Waals surface area (Å²) in [4.78, 5) is 14.6. The number of morpholine rings is 1. The van der Waals surface area contributed by atoms with E-state index in [0.717, 1.165) is 29.6 Å². The van der Waals surface area contributed by atoms with Gasteiger partial charge in [0.15, 0.2) is 0 Å². The quantitative estimate of drug-likeness (QED) is 0.810. The van der Waals surface area contributed by atoms with Gasteiger partial charge in [0.1, 0.15) is 5.58 Å². The first-order chi connectivity index (χ1) is 11.1. The Bertz CT molecular complexity index is 683. The molecule has 5 nitrogen and oxygen atoms in total. The molecule has 1 aromatic carbocycles. The summed E-state index contributed by atoms with van der Waals surface area (Å²) < 4.78 is 16.7. The molecule has 1 aromatic heterocycles. The van der Waals surface area contributed by atoms with E-state index in [4.69, 9.17) is 13.9 Å². The molecule has 1 saturated heterocycles. The number of furan rings is 1. The van der Waals surface area contributed by atoms with Gasteiger partial charge in [-0.1, -0.05) is 18.2 Å². The Kier molecular flexibility index (Phi) is 4.68. The van der Waals surface area contributed by atoms with E-state index < -0.39 is 5.97 Å². The van der Waals surface area contributed by atoms with Gasteiger partial charge in [0, 0.05) is 30.6 Å². The Labute approximate surface area is 136 Å². The molecule has 0 aliphatic carbocycles. The van der Waals surface area contributed by atoms with Crippen molar-refractivity contribution in [1.82, 2.24) is 4.90 Å². The maximum atomic E-state index is 12.2. The number of rotatable bonds is 4. The highest BCUT2D eigenvalue weighted by Gasteiger charge is 2.27. The van der Waals surface area contributed by atoms with Gasteiger partial charge in [-0.2, -0.15) is 0 Å². The lowest BCUT2D eigenvalue weighted by Crippen LogP contribution is -2.44. The normalized spacial score (nSPS) is 22.4. The maximum Gasteiger partial charge on any atom is 0.374 e. The van der Waals surface area contributed by atoms with Gasteiger partial charge in [0.05, 0.1) is 18.8 Å². The molecule has 0 bridgehead atoms. The zero-order valence-corrected chi connectivity index (χ0v) is 13.9. The lowest BCUT2D eigenvalue weighted by atomic mass is 10.1. The molecule has 3 rings (SSSR count). The first kappa shape index (κ1) is 16.0. The van der Waals surface area contributed by atoms with Crippen LogP contribution in [0.5, 0.6) is 0 Å². The average molecular weight is 317 g/mol. The highest BCUT2D eigenvalue weighted by atomic mass is 16.5. The maximum absolute atomic E-state index is 12.2. The van der Waals surface area contributed by atoms with Crippen LogP contribution in [0.15, 0.2) is 28.7 Å². The van der Waals surface area contributed by atoms with Crippen molar-refractivity contribution in [2.24, 2.45) is 0 Å². The van der Waals surface area contributed by atoms with Crippen molar-refractivity contribution in [3.05, 3.63) is 35.6 Å². The fourth-order valence-corrected chi connectivity index (χ4v) is 3.25. The molecule has 0 spiro atoms. The van der Waals surface area contributed by atoms with Crippen molar-refractivity contribution >= 4 is 16.9 Å². The second-order valence-corrected chi connectivity index (χ2v) is 6.08. The Morgan fingerprint density at radius 2 is 1.96 bits per heavy atom. The van der Waals surface area contributed by atoms with Crippen LogP contribution in [0.3, 0.4) is 0 Å². The highest BCUT2D eigenvalue weighted by molar-refractivity contribution is 5.96. The molecule has 2 heterocycles. The molecule has 1 aliphatic rings. The standard InChI is InChI=1S/C18H23NO4/c1-4-21-18(20)17-15(14-7-5-6-8-16(14)23-17)11-19-9-12(2)22-13(3)10-19/h5-8,12-13H,4,9-11H2,1-3H3/t12-,13-/m0/s1. The first-order valence-corrected chi connectivity index (χ1v) is 8.13. The van der Waals surface area contributed by atoms with Gasteiger partial charge in [0.25, 0.3) is 0 Å². The zero-order valence-electron chi connectivity index (χ0n) is 13.9. The largest absolute Gasteiger partial charge is 0.460 e. The zero-order chi connectivity index (χ0) is 16.4. The van der Waals surface area contributed by atoms with Crippen LogP contribution in [-0.2, 0) is 16.0 Å². The number of nitrogens with zero attached hydrogens (tertiary/aromatic N) is 1. The number of ether oxygens (including phenoxy) is 2. The molecular formula is C18H23NO4. The molecule has 1 aliphatic heterocycles. The average Bonchev–Trinajstić information content (AvgIpc) is 2.85. The Hall–Kier alpha value is -1.85. The van der Waals surface area contributed by atoms with Crippen LogP contribution in [-0.4, -0.2) is 42.8 Å². The van der Waals surface area contributed by atoms with Crippen LogP contribution >= 0.6 is 0 Å². The second-order valence-electron chi connectivity index (χ2n) is 6.08. The third kappa shape index (κ3) is 3.41. The van der Waals surface area contributed by atoms with Crippen molar-refractivity contribution < 1.29 is 18.7 Å². The third-order valence-electron chi connectivity index (χ3n) is 4.04. The molecule has 0 amide bonds. The minimum absolute atomic E-state index is 0.183. The molecule has 5 heteroatoms. The number of para-hydroxylation sites is 1. The summed E-state index contributed by atoms with van der Waals surface area (Å²) in [5, 5.41) is 0.974. The lowest BCUT2D eigenvalue weighted by Gasteiger charge is -2.35. The Balaban J connectivity index is 1.94. The van der Waals surface area contributed by atoms with E-state index >= 15 is 0 Å². The van der Waals surface area contributed by atoms with Crippen molar-refractivity contribution in [1.29, 1.82) is 0 Å². The van der Waals surface area contributed by atoms with Crippen LogP contribution in [0.2, 0.25) is 0 Å². The molecular weight excluding hydrogens is 294 g/mol. The fourth-order valence-electron chi connectivity index (χ4n) is 3.25. The van der Waals surface area contributed by atoms with Gasteiger partial charge in [-0.25, -0.2) is 4.79 Å². The van der Waals surface area contributed by atoms with Gasteiger partial charge in [-0.3, -0.25) is 4.90 Å². The van der Waals surface area contributed by atoms with Gasteiger partial charge in [-0.15, -0.1) is 0 Å². The number of carbonyl (C=O) groups is 1. The summed E-state index contributed by atoms with van der Waals surface area (Å²) in [5.74, 6) is -0.0760. The van der Waals surface area contributed by atoms with E-state index in [0.29, 0.717) is 18.9 Å². The SMILES string of the molecule is CCOC(=O)c1oc2ccccc2c1CN1C[C@H](C)O[C@@H](C)C1. The number of fused-ring (bicyclic) bond motifs is 1. The topological polar surface area (TPSA) is 51.9 Å². The van der Waals surface area contributed by atoms with Crippen LogP contribution in [0, 0.1) is 0 Å². The minimum atomic E-state index is -0.395. The van der Waals surface area contributed by atoms with Crippen molar-refractivity contribution in [3.8, 4) is 0 Å². The molecule has 124 valence electrons. The first-order valence-electron chi connectivity index (χ1n) is 8.13. The van der Waals surface area contributed by atoms with E-state index in [1.54, 1.807) is 6.92 Å². The van der Waals surface area contributed by atoms with Crippen molar-refractivity contribution in [3.63, 3.8) is 0 Å². The number of carbonyl (C=O) groups excluding carboxylic acids is 1. The van der Waals surface area contributed by atoms with E-state index in [-0.39, 0.29) is 12.2 Å². The molecule has 1 fully saturated rings. The minimum Gasteiger partial charge on any atom is -0.460 e. The summed E-state index contributed by atoms with van der Waals surface area (Å²) >= 11 is 0. The van der Waals surface area contributed by atoms with Crippen LogP contribution < -0.4 is 0 Å². The number of hydrogen-bond donors (Lipinski definition) is 0. The van der Waals surface area contributed by atoms with Crippen LogP contribution in [0.1, 0.15) is 36.9 Å². The summed E-state index contributed by atoms with van der Waals surface area (Å²) in [7, 11) is 0. The van der Waals surface area contributed by atoms with E-state index in [1.807, 2.05) is 24.3 Å². The summed E-state index contributed by atoms with van der Waals surface area (Å²) in [6, 6.07) is 7.74. The van der Waals surface area contributed by atoms with Crippen molar-refractivity contribution in [2.45, 2.75) is 39.5 Å². The third-order valence-corrected chi connectivity index (χ3v) is 4.04. The monoisotopic (exact) mass is 317 g/mol. The molecule has 0 saturated carbocycles. The predicted molar refractivity (Wildman–Crippen MR) is 87.5 cm³/mol. The molecule has 0 unspecified atom stereocenters. The van der Waals surface area contributed by atoms with Gasteiger partial charge >= 0.3 is 5.97 Å². The number of esters is 1. The van der Waals surface area contributed by atoms with Crippen molar-refractivity contribution in [2.75, 3.05) is 19.7 Å². The molecule has 23 heavy (non-hydrogen) atoms. The summed E-state index contributed by atoms with van der Waals surface area (Å²) in [6.45, 7) is 8.61. The fraction of sp³-hybridized carbons (Fsp3) is 0.500. The Morgan fingerprint density at radius 3 is 2.65 bits per heavy atom. The predicted octanol–water partition coefficient (Wildman–Crippen LogP) is 3.22. The number of hydrogen-bond acceptors (Lipinski definition) is 5. The van der Waals surface area contributed by atoms with E-state index in [1.165, 1.54) is 0 Å². The van der Waals surface area contributed by atoms with Gasteiger partial charge < -0.3 is 13.9 Å². The van der Waals surface area contributed by atoms with E-state index in [2.05, 4.69) is 18.7 Å². The smallest absolute Gasteiger partial charge is 0.374 e. The van der Waals surface area contributed by atoms with Crippen LogP contribution in [0.4, 0.5) is 0 Å². The molecule has 0 radical (unpaired) electrons. The molecule has 0 N–H and O–H groups in total. The van der Waals surface area contributed by atoms with Crippen LogP contribution in [0.25, 0.3) is 11.0 Å². The second kappa shape index (κ2) is 6.72. The van der Waals surface area contributed by atoms with Gasteiger partial charge in [-0.05, 0) is 26.8 Å². The van der Waals surface area contributed by atoms with E-state index in [9.17, 15) is 4.79 Å². The lowest BCUT2D eigenvalue weighted by molar-refractivity contribution is -0.0705. The van der Waals surface area contributed by atoms with Gasteiger partial charge in [0.2, 0.25) is 5.76 Å². The number of benzene rings is 1.